The summed E-state index contributed by atoms with van der Waals surface area (Å²) in [6.07, 6.45) is -4.57. The number of benzene rings is 1. The fraction of sp³-hybridized carbons (Fsp3) is 0.143. The molecule has 0 fully saturated rings. The van der Waals surface area contributed by atoms with Gasteiger partial charge in [0.05, 0.1) is 16.9 Å². The highest BCUT2D eigenvalue weighted by atomic mass is 19.4. The van der Waals surface area contributed by atoms with E-state index < -0.39 is 22.7 Å². The largest absolute Gasteiger partial charge is 0.733 e. The van der Waals surface area contributed by atoms with Crippen molar-refractivity contribution < 1.29 is 18.4 Å². The van der Waals surface area contributed by atoms with Crippen molar-refractivity contribution in [2.24, 2.45) is 0 Å². The molecule has 0 aromatic heterocycles. The van der Waals surface area contributed by atoms with Gasteiger partial charge >= 0.3 is 6.18 Å². The quantitative estimate of drug-likeness (QED) is 0.545. The first-order valence-corrected chi connectivity index (χ1v) is 3.45. The van der Waals surface area contributed by atoms with E-state index in [4.69, 9.17) is 10.9 Å². The second-order valence-electron chi connectivity index (χ2n) is 2.54. The predicted octanol–water partition coefficient (Wildman–Crippen LogP) is 1.98. The zero-order valence-electron chi connectivity index (χ0n) is 6.75. The summed E-state index contributed by atoms with van der Waals surface area (Å²) in [5.41, 5.74) is 3.27. The topological polar surface area (TPSA) is 72.5 Å². The first kappa shape index (κ1) is 10.6. The molecule has 4 nitrogen and oxygen atoms in total. The minimum Gasteiger partial charge on any atom is -0.733 e. The van der Waals surface area contributed by atoms with Crippen molar-refractivity contribution in [3.63, 3.8) is 0 Å². The second kappa shape index (κ2) is 3.35. The summed E-state index contributed by atoms with van der Waals surface area (Å²) in [4.78, 5) is 0. The molecule has 0 heterocycles. The smallest absolute Gasteiger partial charge is 0.416 e. The average molecular weight is 207 g/mol. The number of rotatable bonds is 1. The molecule has 3 N–H and O–H groups in total. The van der Waals surface area contributed by atoms with Gasteiger partial charge in [-0.2, -0.15) is 13.2 Å². The summed E-state index contributed by atoms with van der Waals surface area (Å²) >= 11 is 0. The van der Waals surface area contributed by atoms with E-state index in [9.17, 15) is 18.4 Å². The maximum Gasteiger partial charge on any atom is 0.416 e. The highest BCUT2D eigenvalue weighted by Gasteiger charge is 2.30. The fourth-order valence-corrected chi connectivity index (χ4v) is 0.886. The van der Waals surface area contributed by atoms with Crippen molar-refractivity contribution in [2.45, 2.75) is 6.18 Å². The molecule has 0 aliphatic rings. The number of halogens is 3. The Hall–Kier alpha value is -1.47. The maximum absolute atomic E-state index is 12.1. The Kier molecular flexibility index (Phi) is 2.54. The Labute approximate surface area is 76.9 Å². The number of alkyl halides is 3. The van der Waals surface area contributed by atoms with Crippen LogP contribution in [0.2, 0.25) is 0 Å². The molecule has 0 unspecified atom stereocenters. The molecule has 7 heteroatoms. The molecule has 0 saturated heterocycles. The highest BCUT2D eigenvalue weighted by molar-refractivity contribution is 5.67. The summed E-state index contributed by atoms with van der Waals surface area (Å²) in [5.74, 6) is 0. The van der Waals surface area contributed by atoms with Crippen LogP contribution in [0.5, 0.6) is 0 Å². The molecule has 0 radical (unpaired) electrons. The standard InChI is InChI=1S/C7H6F3N2O2/c8-7(9,10)4-1-2-5(11)6(3-4)12(13)14/h1-3,13H,11H2/q-1. The Balaban J connectivity index is 3.20. The number of hydrogen-bond acceptors (Lipinski definition) is 4. The Morgan fingerprint density at radius 3 is 2.36 bits per heavy atom. The third-order valence-electron chi connectivity index (χ3n) is 1.56. The summed E-state index contributed by atoms with van der Waals surface area (Å²) in [6, 6.07) is 2.10. The Morgan fingerprint density at radius 1 is 1.36 bits per heavy atom. The summed E-state index contributed by atoms with van der Waals surface area (Å²) in [7, 11) is 0. The number of hydrogen-bond donors (Lipinski definition) is 2. The van der Waals surface area contributed by atoms with E-state index in [2.05, 4.69) is 0 Å². The van der Waals surface area contributed by atoms with Gasteiger partial charge in [-0.05, 0) is 18.2 Å². The van der Waals surface area contributed by atoms with Crippen LogP contribution >= 0.6 is 0 Å². The Bertz CT molecular complexity index is 338. The van der Waals surface area contributed by atoms with Gasteiger partial charge < -0.3 is 16.2 Å². The van der Waals surface area contributed by atoms with E-state index in [0.717, 1.165) is 12.1 Å². The third-order valence-corrected chi connectivity index (χ3v) is 1.56. The first-order chi connectivity index (χ1) is 6.32. The minimum absolute atomic E-state index is 0.226. The number of anilines is 2. The molecule has 0 bridgehead atoms. The lowest BCUT2D eigenvalue weighted by Gasteiger charge is -2.24. The molecule has 14 heavy (non-hydrogen) atoms. The molecular weight excluding hydrogens is 201 g/mol. The van der Waals surface area contributed by atoms with Crippen LogP contribution in [0.25, 0.3) is 0 Å². The molecule has 0 atom stereocenters. The fourth-order valence-electron chi connectivity index (χ4n) is 0.886. The molecule has 0 saturated carbocycles. The Morgan fingerprint density at radius 2 is 1.93 bits per heavy atom. The summed E-state index contributed by atoms with van der Waals surface area (Å²) in [6.45, 7) is 0. The van der Waals surface area contributed by atoms with Gasteiger partial charge in [0, 0.05) is 0 Å². The van der Waals surface area contributed by atoms with Gasteiger partial charge in [0.1, 0.15) is 0 Å². The van der Waals surface area contributed by atoms with E-state index in [1.54, 1.807) is 0 Å². The van der Waals surface area contributed by atoms with Gasteiger partial charge in [-0.25, -0.2) is 0 Å². The van der Waals surface area contributed by atoms with Crippen LogP contribution in [0.4, 0.5) is 24.5 Å². The van der Waals surface area contributed by atoms with Crippen LogP contribution in [0.3, 0.4) is 0 Å². The lowest BCUT2D eigenvalue weighted by Crippen LogP contribution is -2.12. The number of nitrogens with zero attached hydrogens (tertiary/aromatic N) is 1. The average Bonchev–Trinajstić information content (AvgIpc) is 2.02. The zero-order chi connectivity index (χ0) is 10.9. The molecule has 1 aromatic rings. The van der Waals surface area contributed by atoms with Crippen LogP contribution in [-0.2, 0) is 6.18 Å². The van der Waals surface area contributed by atoms with Gasteiger partial charge in [-0.1, -0.05) is 0 Å². The van der Waals surface area contributed by atoms with Crippen LogP contribution in [0.1, 0.15) is 5.56 Å². The van der Waals surface area contributed by atoms with Crippen molar-refractivity contribution in [1.82, 2.24) is 0 Å². The summed E-state index contributed by atoms with van der Waals surface area (Å²) < 4.78 is 36.4. The number of nitrogen functional groups attached to an aromatic ring is 1. The van der Waals surface area contributed by atoms with Crippen LogP contribution in [0.15, 0.2) is 18.2 Å². The van der Waals surface area contributed by atoms with Crippen molar-refractivity contribution in [2.75, 3.05) is 11.0 Å². The highest BCUT2D eigenvalue weighted by Crippen LogP contribution is 2.33. The molecule has 0 spiro atoms. The second-order valence-corrected chi connectivity index (χ2v) is 2.54. The normalized spacial score (nSPS) is 11.5. The molecular formula is C7H6F3N2O2-. The first-order valence-electron chi connectivity index (χ1n) is 3.45. The van der Waals surface area contributed by atoms with Crippen molar-refractivity contribution >= 4 is 11.4 Å². The van der Waals surface area contributed by atoms with Gasteiger partial charge in [-0.15, -0.1) is 0 Å². The van der Waals surface area contributed by atoms with Gasteiger partial charge in [0.25, 0.3) is 0 Å². The predicted molar refractivity (Wildman–Crippen MR) is 43.5 cm³/mol. The van der Waals surface area contributed by atoms with E-state index in [0.29, 0.717) is 6.07 Å². The lowest BCUT2D eigenvalue weighted by molar-refractivity contribution is -0.137. The number of nitrogens with two attached hydrogens (primary N) is 1. The third kappa shape index (κ3) is 2.06. The minimum atomic E-state index is -4.57. The van der Waals surface area contributed by atoms with Crippen LogP contribution < -0.4 is 11.0 Å². The van der Waals surface area contributed by atoms with Crippen molar-refractivity contribution in [3.8, 4) is 0 Å². The van der Waals surface area contributed by atoms with Gasteiger partial charge in [0.2, 0.25) is 0 Å². The molecule has 0 aliphatic heterocycles. The molecule has 1 aromatic carbocycles. The SMILES string of the molecule is Nc1ccc(C(F)(F)F)cc1N([O-])O. The molecule has 0 aliphatic carbocycles. The monoisotopic (exact) mass is 207 g/mol. The van der Waals surface area contributed by atoms with E-state index in [1.165, 1.54) is 0 Å². The van der Waals surface area contributed by atoms with E-state index >= 15 is 0 Å². The van der Waals surface area contributed by atoms with E-state index in [-0.39, 0.29) is 5.69 Å². The van der Waals surface area contributed by atoms with Crippen LogP contribution in [0, 0.1) is 5.21 Å². The lowest BCUT2D eigenvalue weighted by atomic mass is 10.1. The molecule has 1 rings (SSSR count). The maximum atomic E-state index is 12.1. The van der Waals surface area contributed by atoms with Crippen molar-refractivity contribution in [1.29, 1.82) is 0 Å². The zero-order valence-corrected chi connectivity index (χ0v) is 6.75. The summed E-state index contributed by atoms with van der Waals surface area (Å²) in [5, 5.41) is 18.1. The van der Waals surface area contributed by atoms with Crippen molar-refractivity contribution in [3.05, 3.63) is 29.0 Å². The van der Waals surface area contributed by atoms with Crippen LogP contribution in [-0.4, -0.2) is 5.21 Å². The van der Waals surface area contributed by atoms with E-state index in [1.807, 2.05) is 0 Å². The van der Waals surface area contributed by atoms with Gasteiger partial charge in [-0.3, -0.25) is 5.21 Å². The molecule has 0 amide bonds. The van der Waals surface area contributed by atoms with Gasteiger partial charge in [0.15, 0.2) is 0 Å². The molecule has 78 valence electrons.